The molecule has 3 atom stereocenters. The van der Waals surface area contributed by atoms with Crippen molar-refractivity contribution in [3.05, 3.63) is 0 Å². The average molecular weight is 218 g/mol. The summed E-state index contributed by atoms with van der Waals surface area (Å²) in [6.07, 6.45) is 0.907. The smallest absolute Gasteiger partial charge is 0.211 e. The van der Waals surface area contributed by atoms with Gasteiger partial charge in [0.2, 0.25) is 10.0 Å². The van der Waals surface area contributed by atoms with Crippen LogP contribution in [-0.4, -0.2) is 19.7 Å². The second kappa shape index (κ2) is 5.32. The van der Waals surface area contributed by atoms with E-state index in [0.717, 1.165) is 6.42 Å². The Labute approximate surface area is 86.4 Å². The molecule has 4 nitrogen and oxygen atoms in total. The summed E-state index contributed by atoms with van der Waals surface area (Å²) in [6, 6.07) is 1.59. The van der Waals surface area contributed by atoms with Gasteiger partial charge in [0.05, 0.1) is 6.07 Å². The SMILES string of the molecule is CCC(C)C(C)NS(=O)(=O)C(C)C#N. The predicted octanol–water partition coefficient (Wildman–Crippen LogP) is 1.25. The first kappa shape index (κ1) is 13.4. The van der Waals surface area contributed by atoms with Gasteiger partial charge in [-0.1, -0.05) is 20.3 Å². The van der Waals surface area contributed by atoms with Crippen molar-refractivity contribution in [3.63, 3.8) is 0 Å². The molecule has 1 N–H and O–H groups in total. The van der Waals surface area contributed by atoms with Gasteiger partial charge in [-0.2, -0.15) is 5.26 Å². The molecule has 0 aromatic heterocycles. The fraction of sp³-hybridized carbons (Fsp3) is 0.889. The number of nitriles is 1. The summed E-state index contributed by atoms with van der Waals surface area (Å²) >= 11 is 0. The summed E-state index contributed by atoms with van der Waals surface area (Å²) in [6.45, 7) is 7.18. The minimum atomic E-state index is -3.48. The molecule has 0 aromatic carbocycles. The third kappa shape index (κ3) is 3.64. The van der Waals surface area contributed by atoms with E-state index in [1.54, 1.807) is 6.07 Å². The van der Waals surface area contributed by atoms with Crippen LogP contribution in [0.5, 0.6) is 0 Å². The largest absolute Gasteiger partial charge is 0.227 e. The van der Waals surface area contributed by atoms with Crippen LogP contribution in [0.3, 0.4) is 0 Å². The summed E-state index contributed by atoms with van der Waals surface area (Å²) < 4.78 is 25.4. The van der Waals surface area contributed by atoms with Crippen molar-refractivity contribution in [3.8, 4) is 6.07 Å². The van der Waals surface area contributed by atoms with Crippen molar-refractivity contribution in [2.24, 2.45) is 5.92 Å². The number of sulfonamides is 1. The van der Waals surface area contributed by atoms with Crippen molar-refractivity contribution in [1.29, 1.82) is 5.26 Å². The van der Waals surface area contributed by atoms with Gasteiger partial charge in [-0.25, -0.2) is 13.1 Å². The lowest BCUT2D eigenvalue weighted by Gasteiger charge is -2.20. The van der Waals surface area contributed by atoms with Crippen LogP contribution in [0.2, 0.25) is 0 Å². The first-order valence-corrected chi connectivity index (χ1v) is 6.30. The Kier molecular flexibility index (Phi) is 5.09. The molecule has 0 bridgehead atoms. The zero-order chi connectivity index (χ0) is 11.4. The fourth-order valence-electron chi connectivity index (χ4n) is 0.900. The van der Waals surface area contributed by atoms with Gasteiger partial charge in [-0.05, 0) is 19.8 Å². The number of hydrogen-bond donors (Lipinski definition) is 1. The lowest BCUT2D eigenvalue weighted by molar-refractivity contribution is 0.433. The highest BCUT2D eigenvalue weighted by Crippen LogP contribution is 2.09. The van der Waals surface area contributed by atoms with E-state index in [4.69, 9.17) is 5.26 Å². The van der Waals surface area contributed by atoms with E-state index in [-0.39, 0.29) is 12.0 Å². The van der Waals surface area contributed by atoms with E-state index in [0.29, 0.717) is 0 Å². The third-order valence-electron chi connectivity index (χ3n) is 2.49. The molecular weight excluding hydrogens is 200 g/mol. The van der Waals surface area contributed by atoms with Crippen molar-refractivity contribution in [1.82, 2.24) is 4.72 Å². The topological polar surface area (TPSA) is 70.0 Å². The fourth-order valence-corrected chi connectivity index (χ4v) is 1.99. The Balaban J connectivity index is 4.47. The Morgan fingerprint density at radius 2 is 1.86 bits per heavy atom. The molecule has 0 saturated heterocycles. The highest BCUT2D eigenvalue weighted by Gasteiger charge is 2.23. The van der Waals surface area contributed by atoms with E-state index < -0.39 is 15.3 Å². The molecule has 0 spiro atoms. The van der Waals surface area contributed by atoms with Gasteiger partial charge in [0.15, 0.2) is 5.25 Å². The lowest BCUT2D eigenvalue weighted by atomic mass is 10.0. The summed E-state index contributed by atoms with van der Waals surface area (Å²) in [4.78, 5) is 0. The van der Waals surface area contributed by atoms with Gasteiger partial charge < -0.3 is 0 Å². The number of rotatable bonds is 5. The number of nitrogens with zero attached hydrogens (tertiary/aromatic N) is 1. The van der Waals surface area contributed by atoms with Gasteiger partial charge in [0, 0.05) is 6.04 Å². The highest BCUT2D eigenvalue weighted by molar-refractivity contribution is 7.90. The second-order valence-electron chi connectivity index (χ2n) is 3.61. The second-order valence-corrected chi connectivity index (χ2v) is 5.64. The van der Waals surface area contributed by atoms with E-state index in [2.05, 4.69) is 4.72 Å². The highest BCUT2D eigenvalue weighted by atomic mass is 32.2. The molecule has 0 aliphatic carbocycles. The van der Waals surface area contributed by atoms with Crippen LogP contribution >= 0.6 is 0 Å². The van der Waals surface area contributed by atoms with E-state index >= 15 is 0 Å². The minimum absolute atomic E-state index is 0.124. The van der Waals surface area contributed by atoms with Crippen molar-refractivity contribution < 1.29 is 8.42 Å². The summed E-state index contributed by atoms with van der Waals surface area (Å²) in [5.74, 6) is 0.274. The number of nitrogens with one attached hydrogen (secondary N) is 1. The molecular formula is C9H18N2O2S. The van der Waals surface area contributed by atoms with Crippen molar-refractivity contribution in [2.45, 2.75) is 45.4 Å². The van der Waals surface area contributed by atoms with Crippen molar-refractivity contribution in [2.75, 3.05) is 0 Å². The molecule has 0 saturated carbocycles. The average Bonchev–Trinajstić information content (AvgIpc) is 2.14. The van der Waals surface area contributed by atoms with E-state index in [1.807, 2.05) is 20.8 Å². The van der Waals surface area contributed by atoms with Crippen LogP contribution in [0.25, 0.3) is 0 Å². The first-order valence-electron chi connectivity index (χ1n) is 4.75. The molecule has 0 radical (unpaired) electrons. The monoisotopic (exact) mass is 218 g/mol. The van der Waals surface area contributed by atoms with Crippen LogP contribution in [-0.2, 0) is 10.0 Å². The van der Waals surface area contributed by atoms with Crippen LogP contribution < -0.4 is 4.72 Å². The molecule has 0 heterocycles. The summed E-state index contributed by atoms with van der Waals surface area (Å²) in [5.41, 5.74) is 0. The molecule has 0 rings (SSSR count). The third-order valence-corrected chi connectivity index (χ3v) is 4.23. The summed E-state index contributed by atoms with van der Waals surface area (Å²) in [7, 11) is -3.48. The maximum absolute atomic E-state index is 11.5. The zero-order valence-corrected chi connectivity index (χ0v) is 9.93. The van der Waals surface area contributed by atoms with E-state index in [9.17, 15) is 8.42 Å². The van der Waals surface area contributed by atoms with Gasteiger partial charge >= 0.3 is 0 Å². The Morgan fingerprint density at radius 1 is 1.36 bits per heavy atom. The first-order chi connectivity index (χ1) is 6.35. The molecule has 82 valence electrons. The molecule has 0 aliphatic heterocycles. The molecule has 3 unspecified atom stereocenters. The van der Waals surface area contributed by atoms with Crippen LogP contribution in [0.4, 0.5) is 0 Å². The van der Waals surface area contributed by atoms with E-state index in [1.165, 1.54) is 6.92 Å². The minimum Gasteiger partial charge on any atom is -0.211 e. The van der Waals surface area contributed by atoms with Crippen LogP contribution in [0.1, 0.15) is 34.1 Å². The molecule has 0 amide bonds. The van der Waals surface area contributed by atoms with Gasteiger partial charge in [-0.15, -0.1) is 0 Å². The molecule has 0 aromatic rings. The molecule has 0 aliphatic rings. The normalized spacial score (nSPS) is 18.2. The standard InChI is InChI=1S/C9H18N2O2S/c1-5-7(2)9(4)11-14(12,13)8(3)6-10/h7-9,11H,5H2,1-4H3. The van der Waals surface area contributed by atoms with Gasteiger partial charge in [0.25, 0.3) is 0 Å². The van der Waals surface area contributed by atoms with Gasteiger partial charge in [-0.3, -0.25) is 0 Å². The Bertz CT molecular complexity index is 305. The molecule has 0 fully saturated rings. The van der Waals surface area contributed by atoms with Crippen molar-refractivity contribution >= 4 is 10.0 Å². The van der Waals surface area contributed by atoms with Crippen LogP contribution in [0, 0.1) is 17.2 Å². The zero-order valence-electron chi connectivity index (χ0n) is 9.11. The lowest BCUT2D eigenvalue weighted by Crippen LogP contribution is -2.41. The Morgan fingerprint density at radius 3 is 2.21 bits per heavy atom. The molecule has 14 heavy (non-hydrogen) atoms. The molecule has 5 heteroatoms. The maximum atomic E-state index is 11.5. The quantitative estimate of drug-likeness (QED) is 0.755. The predicted molar refractivity (Wildman–Crippen MR) is 56.0 cm³/mol. The van der Waals surface area contributed by atoms with Gasteiger partial charge in [0.1, 0.15) is 0 Å². The Hall–Kier alpha value is -0.600. The van der Waals surface area contributed by atoms with Crippen LogP contribution in [0.15, 0.2) is 0 Å². The summed E-state index contributed by atoms with van der Waals surface area (Å²) in [5, 5.41) is 7.52. The number of hydrogen-bond acceptors (Lipinski definition) is 3. The maximum Gasteiger partial charge on any atom is 0.227 e.